The Balaban J connectivity index is 1.77. The van der Waals surface area contributed by atoms with Crippen molar-refractivity contribution in [2.75, 3.05) is 32.9 Å². The molecule has 3 aliphatic heterocycles. The Kier molecular flexibility index (Phi) is 2.19. The topological polar surface area (TPSA) is 56.9 Å². The van der Waals surface area contributed by atoms with Gasteiger partial charge in [-0.15, -0.1) is 0 Å². The van der Waals surface area contributed by atoms with Crippen molar-refractivity contribution in [3.05, 3.63) is 0 Å². The molecule has 0 aromatic carbocycles. The molecule has 15 heavy (non-hydrogen) atoms. The monoisotopic (exact) mass is 211 g/mol. The van der Waals surface area contributed by atoms with Gasteiger partial charge in [0.15, 0.2) is 0 Å². The first-order valence-electron chi connectivity index (χ1n) is 5.67. The zero-order valence-corrected chi connectivity index (χ0v) is 8.79. The van der Waals surface area contributed by atoms with E-state index < -0.39 is 0 Å². The number of ether oxygens (including phenoxy) is 1. The molecular formula is C10H17N3O2. The molecule has 5 nitrogen and oxygen atoms in total. The first-order chi connectivity index (χ1) is 7.31. The number of carbonyl (C=O) groups is 1. The SMILES string of the molecule is O=C1NCN(CC2CO2)C12CCNCC2. The van der Waals surface area contributed by atoms with Gasteiger partial charge >= 0.3 is 0 Å². The fourth-order valence-corrected chi connectivity index (χ4v) is 2.67. The molecule has 0 aromatic heterocycles. The highest BCUT2D eigenvalue weighted by Gasteiger charge is 2.50. The summed E-state index contributed by atoms with van der Waals surface area (Å²) in [6, 6.07) is 0. The molecule has 0 aliphatic carbocycles. The molecule has 3 fully saturated rings. The van der Waals surface area contributed by atoms with Gasteiger partial charge < -0.3 is 15.4 Å². The van der Waals surface area contributed by atoms with Gasteiger partial charge in [-0.05, 0) is 25.9 Å². The van der Waals surface area contributed by atoms with Crippen LogP contribution in [0.4, 0.5) is 0 Å². The molecule has 2 N–H and O–H groups in total. The van der Waals surface area contributed by atoms with E-state index in [-0.39, 0.29) is 11.4 Å². The predicted octanol–water partition coefficient (Wildman–Crippen LogP) is -1.10. The number of hydrogen-bond donors (Lipinski definition) is 2. The van der Waals surface area contributed by atoms with E-state index in [1.54, 1.807) is 0 Å². The number of hydrogen-bond acceptors (Lipinski definition) is 4. The van der Waals surface area contributed by atoms with Gasteiger partial charge in [0, 0.05) is 6.54 Å². The zero-order chi connectivity index (χ0) is 10.3. The van der Waals surface area contributed by atoms with Crippen LogP contribution < -0.4 is 10.6 Å². The fraction of sp³-hybridized carbons (Fsp3) is 0.900. The van der Waals surface area contributed by atoms with Gasteiger partial charge in [0.05, 0.1) is 19.4 Å². The summed E-state index contributed by atoms with van der Waals surface area (Å²) in [4.78, 5) is 14.2. The lowest BCUT2D eigenvalue weighted by molar-refractivity contribution is -0.128. The average Bonchev–Trinajstić information content (AvgIpc) is 3.03. The summed E-state index contributed by atoms with van der Waals surface area (Å²) in [6.45, 7) is 4.33. The highest BCUT2D eigenvalue weighted by molar-refractivity contribution is 5.88. The molecule has 3 heterocycles. The number of nitrogens with one attached hydrogen (secondary N) is 2. The first kappa shape index (κ1) is 9.57. The summed E-state index contributed by atoms with van der Waals surface area (Å²) >= 11 is 0. The van der Waals surface area contributed by atoms with Crippen LogP contribution in [0, 0.1) is 0 Å². The van der Waals surface area contributed by atoms with Gasteiger partial charge in [-0.2, -0.15) is 0 Å². The van der Waals surface area contributed by atoms with Crippen LogP contribution in [0.5, 0.6) is 0 Å². The van der Waals surface area contributed by atoms with E-state index in [1.165, 1.54) is 0 Å². The van der Waals surface area contributed by atoms with Crippen molar-refractivity contribution < 1.29 is 9.53 Å². The predicted molar refractivity (Wildman–Crippen MR) is 54.3 cm³/mol. The summed E-state index contributed by atoms with van der Waals surface area (Å²) in [5.41, 5.74) is -0.239. The van der Waals surface area contributed by atoms with E-state index in [2.05, 4.69) is 15.5 Å². The molecule has 0 radical (unpaired) electrons. The van der Waals surface area contributed by atoms with Crippen molar-refractivity contribution in [2.45, 2.75) is 24.5 Å². The number of amides is 1. The van der Waals surface area contributed by atoms with E-state index in [4.69, 9.17) is 4.74 Å². The third kappa shape index (κ3) is 1.55. The fourth-order valence-electron chi connectivity index (χ4n) is 2.67. The summed E-state index contributed by atoms with van der Waals surface area (Å²) in [6.07, 6.45) is 2.21. The highest BCUT2D eigenvalue weighted by Crippen LogP contribution is 2.31. The minimum Gasteiger partial charge on any atom is -0.372 e. The second-order valence-corrected chi connectivity index (χ2v) is 4.62. The molecule has 3 aliphatic rings. The van der Waals surface area contributed by atoms with E-state index in [0.29, 0.717) is 12.8 Å². The molecule has 3 saturated heterocycles. The number of rotatable bonds is 2. The maximum atomic E-state index is 11.9. The van der Waals surface area contributed by atoms with E-state index >= 15 is 0 Å². The van der Waals surface area contributed by atoms with Gasteiger partial charge in [0.1, 0.15) is 5.54 Å². The smallest absolute Gasteiger partial charge is 0.241 e. The second-order valence-electron chi connectivity index (χ2n) is 4.62. The van der Waals surface area contributed by atoms with Gasteiger partial charge in [0.2, 0.25) is 5.91 Å². The molecule has 1 spiro atoms. The Hall–Kier alpha value is -0.650. The molecule has 84 valence electrons. The van der Waals surface area contributed by atoms with E-state index in [9.17, 15) is 4.79 Å². The average molecular weight is 211 g/mol. The second kappa shape index (κ2) is 3.43. The van der Waals surface area contributed by atoms with Crippen molar-refractivity contribution in [3.63, 3.8) is 0 Å². The van der Waals surface area contributed by atoms with Crippen molar-refractivity contribution >= 4 is 5.91 Å². The van der Waals surface area contributed by atoms with Crippen molar-refractivity contribution in [1.29, 1.82) is 0 Å². The van der Waals surface area contributed by atoms with Crippen LogP contribution in [-0.2, 0) is 9.53 Å². The summed E-state index contributed by atoms with van der Waals surface area (Å²) < 4.78 is 5.24. The maximum Gasteiger partial charge on any atom is 0.241 e. The number of carbonyl (C=O) groups excluding carboxylic acids is 1. The van der Waals surface area contributed by atoms with Crippen LogP contribution in [0.25, 0.3) is 0 Å². The lowest BCUT2D eigenvalue weighted by Crippen LogP contribution is -2.56. The van der Waals surface area contributed by atoms with Crippen molar-refractivity contribution in [3.8, 4) is 0 Å². The largest absolute Gasteiger partial charge is 0.372 e. The number of nitrogens with zero attached hydrogens (tertiary/aromatic N) is 1. The molecule has 5 heteroatoms. The van der Waals surface area contributed by atoms with Gasteiger partial charge in [-0.1, -0.05) is 0 Å². The molecule has 0 bridgehead atoms. The van der Waals surface area contributed by atoms with E-state index in [0.717, 1.165) is 39.1 Å². The lowest BCUT2D eigenvalue weighted by atomic mass is 9.87. The van der Waals surface area contributed by atoms with E-state index in [1.807, 2.05) is 0 Å². The normalized spacial score (nSPS) is 34.4. The maximum absolute atomic E-state index is 11.9. The number of piperidine rings is 1. The molecule has 3 rings (SSSR count). The van der Waals surface area contributed by atoms with Gasteiger partial charge in [0.25, 0.3) is 0 Å². The Morgan fingerprint density at radius 2 is 2.20 bits per heavy atom. The Morgan fingerprint density at radius 3 is 2.87 bits per heavy atom. The van der Waals surface area contributed by atoms with Crippen molar-refractivity contribution in [2.24, 2.45) is 0 Å². The van der Waals surface area contributed by atoms with Crippen LogP contribution in [0.1, 0.15) is 12.8 Å². The zero-order valence-electron chi connectivity index (χ0n) is 8.79. The lowest BCUT2D eigenvalue weighted by Gasteiger charge is -2.38. The highest BCUT2D eigenvalue weighted by atomic mass is 16.6. The third-order valence-corrected chi connectivity index (χ3v) is 3.72. The van der Waals surface area contributed by atoms with Crippen LogP contribution in [0.2, 0.25) is 0 Å². The van der Waals surface area contributed by atoms with Crippen LogP contribution >= 0.6 is 0 Å². The standard InChI is InChI=1S/C10H17N3O2/c14-9-10(1-3-11-4-2-10)13(7-12-9)5-8-6-15-8/h8,11H,1-7H2,(H,12,14). The first-order valence-corrected chi connectivity index (χ1v) is 5.67. The van der Waals surface area contributed by atoms with Crippen LogP contribution in [-0.4, -0.2) is 55.4 Å². The van der Waals surface area contributed by atoms with Crippen LogP contribution in [0.15, 0.2) is 0 Å². The summed E-state index contributed by atoms with van der Waals surface area (Å²) in [5, 5.41) is 6.27. The van der Waals surface area contributed by atoms with Crippen molar-refractivity contribution in [1.82, 2.24) is 15.5 Å². The minimum absolute atomic E-state index is 0.213. The molecule has 1 amide bonds. The Bertz CT molecular complexity index is 272. The molecule has 1 unspecified atom stereocenters. The molecule has 0 aromatic rings. The number of epoxide rings is 1. The Morgan fingerprint density at radius 1 is 1.47 bits per heavy atom. The molecule has 1 atom stereocenters. The minimum atomic E-state index is -0.239. The summed E-state index contributed by atoms with van der Waals surface area (Å²) in [7, 11) is 0. The van der Waals surface area contributed by atoms with Gasteiger partial charge in [-0.25, -0.2) is 0 Å². The summed E-state index contributed by atoms with van der Waals surface area (Å²) in [5.74, 6) is 0.213. The Labute approximate surface area is 89.1 Å². The molecule has 0 saturated carbocycles. The third-order valence-electron chi connectivity index (χ3n) is 3.72. The quantitative estimate of drug-likeness (QED) is 0.569. The molecular weight excluding hydrogens is 194 g/mol. The van der Waals surface area contributed by atoms with Gasteiger partial charge in [-0.3, -0.25) is 9.69 Å². The van der Waals surface area contributed by atoms with Crippen LogP contribution in [0.3, 0.4) is 0 Å².